The van der Waals surface area contributed by atoms with E-state index in [0.717, 1.165) is 30.1 Å². The molecule has 0 unspecified atom stereocenters. The first-order valence-electron chi connectivity index (χ1n) is 13.2. The average Bonchev–Trinajstić information content (AvgIpc) is 3.06. The average molecular weight is 413 g/mol. The highest BCUT2D eigenvalue weighted by molar-refractivity contribution is 5.35. The molecule has 1 nitrogen and oxygen atoms in total. The molecule has 3 fully saturated rings. The van der Waals surface area contributed by atoms with E-state index in [-0.39, 0.29) is 6.10 Å². The standard InChI is InChI=1S/C29H48O/c1-18(2)19(3)8-9-20(4)23-12-13-25-22-10-11-24-21(5)27(30)15-17-29(24,7)26(22)14-16-28(23,25)6/h8-9,18-21,23-24,26-27,30H,10-17H2,1-7H3/b9-8+/t19-,20+,21-,23+,24-,26-,27-,28+,29-/m0/s1. The normalized spacial score (nSPS) is 46.0. The summed E-state index contributed by atoms with van der Waals surface area (Å²) >= 11 is 0. The molecule has 3 saturated carbocycles. The molecule has 0 aromatic heterocycles. The maximum atomic E-state index is 10.5. The van der Waals surface area contributed by atoms with E-state index in [1.807, 2.05) is 11.1 Å². The van der Waals surface area contributed by atoms with Crippen molar-refractivity contribution in [2.75, 3.05) is 0 Å². The van der Waals surface area contributed by atoms with Crippen molar-refractivity contribution in [2.45, 2.75) is 106 Å². The number of rotatable bonds is 4. The lowest BCUT2D eigenvalue weighted by atomic mass is 9.47. The number of allylic oxidation sites excluding steroid dienone is 4. The Bertz CT molecular complexity index is 701. The molecular weight excluding hydrogens is 364 g/mol. The first kappa shape index (κ1) is 22.6. The molecule has 9 atom stereocenters. The van der Waals surface area contributed by atoms with E-state index in [1.54, 1.807) is 0 Å². The highest BCUT2D eigenvalue weighted by atomic mass is 16.3. The predicted octanol–water partition coefficient (Wildman–Crippen LogP) is 7.80. The van der Waals surface area contributed by atoms with Crippen LogP contribution in [0.15, 0.2) is 23.3 Å². The molecule has 0 aliphatic heterocycles. The third kappa shape index (κ3) is 3.46. The molecule has 0 spiro atoms. The fourth-order valence-electron chi connectivity index (χ4n) is 8.54. The van der Waals surface area contributed by atoms with Crippen LogP contribution in [0.3, 0.4) is 0 Å². The number of aliphatic hydroxyl groups is 1. The van der Waals surface area contributed by atoms with E-state index in [4.69, 9.17) is 0 Å². The van der Waals surface area contributed by atoms with Crippen LogP contribution in [-0.2, 0) is 0 Å². The van der Waals surface area contributed by atoms with Crippen molar-refractivity contribution in [3.63, 3.8) is 0 Å². The van der Waals surface area contributed by atoms with Crippen molar-refractivity contribution in [1.29, 1.82) is 0 Å². The lowest BCUT2D eigenvalue weighted by Crippen LogP contribution is -2.51. The fraction of sp³-hybridized carbons (Fsp3) is 0.862. The quantitative estimate of drug-likeness (QED) is 0.467. The van der Waals surface area contributed by atoms with Gasteiger partial charge >= 0.3 is 0 Å². The van der Waals surface area contributed by atoms with Crippen LogP contribution < -0.4 is 0 Å². The molecular formula is C29H48O. The molecule has 0 aromatic carbocycles. The van der Waals surface area contributed by atoms with E-state index in [9.17, 15) is 5.11 Å². The number of hydrogen-bond acceptors (Lipinski definition) is 1. The number of hydrogen-bond donors (Lipinski definition) is 1. The first-order chi connectivity index (χ1) is 14.1. The van der Waals surface area contributed by atoms with Crippen molar-refractivity contribution in [3.8, 4) is 0 Å². The molecule has 4 aliphatic rings. The smallest absolute Gasteiger partial charge is 0.0568 e. The van der Waals surface area contributed by atoms with Crippen LogP contribution >= 0.6 is 0 Å². The van der Waals surface area contributed by atoms with E-state index in [0.29, 0.717) is 28.6 Å². The van der Waals surface area contributed by atoms with Gasteiger partial charge in [0.25, 0.3) is 0 Å². The Labute approximate surface area is 186 Å². The van der Waals surface area contributed by atoms with Gasteiger partial charge in [-0.1, -0.05) is 71.8 Å². The topological polar surface area (TPSA) is 20.2 Å². The van der Waals surface area contributed by atoms with Crippen LogP contribution in [-0.4, -0.2) is 11.2 Å². The van der Waals surface area contributed by atoms with Gasteiger partial charge in [-0.15, -0.1) is 0 Å². The summed E-state index contributed by atoms with van der Waals surface area (Å²) in [7, 11) is 0. The highest BCUT2D eigenvalue weighted by Crippen LogP contribution is 2.66. The second kappa shape index (κ2) is 8.09. The molecule has 0 aromatic rings. The Kier molecular flexibility index (Phi) is 6.10. The highest BCUT2D eigenvalue weighted by Gasteiger charge is 2.56. The molecule has 0 saturated heterocycles. The van der Waals surface area contributed by atoms with Crippen LogP contribution in [0.25, 0.3) is 0 Å². The van der Waals surface area contributed by atoms with Crippen LogP contribution in [0, 0.1) is 52.3 Å². The predicted molar refractivity (Wildman–Crippen MR) is 128 cm³/mol. The van der Waals surface area contributed by atoms with Gasteiger partial charge in [-0.2, -0.15) is 0 Å². The van der Waals surface area contributed by atoms with Gasteiger partial charge in [0.1, 0.15) is 0 Å². The first-order valence-corrected chi connectivity index (χ1v) is 13.2. The number of aliphatic hydroxyl groups excluding tert-OH is 1. The van der Waals surface area contributed by atoms with E-state index in [2.05, 4.69) is 60.6 Å². The SMILES string of the molecule is CC(C)[C@@H](C)/C=C/[C@@H](C)[C@H]1CCC2=C3CC[C@H]4[C@H](C)[C@@H](O)CC[C@]4(C)[C@H]3CC[C@@]21C. The van der Waals surface area contributed by atoms with Gasteiger partial charge in [0.15, 0.2) is 0 Å². The van der Waals surface area contributed by atoms with Gasteiger partial charge in [-0.05, 0) is 104 Å². The minimum Gasteiger partial charge on any atom is -0.393 e. The van der Waals surface area contributed by atoms with Crippen molar-refractivity contribution in [1.82, 2.24) is 0 Å². The Morgan fingerprint density at radius 3 is 2.37 bits per heavy atom. The zero-order valence-electron chi connectivity index (χ0n) is 20.9. The third-order valence-electron chi connectivity index (χ3n) is 11.0. The van der Waals surface area contributed by atoms with E-state index < -0.39 is 0 Å². The van der Waals surface area contributed by atoms with Crippen molar-refractivity contribution < 1.29 is 5.11 Å². The van der Waals surface area contributed by atoms with Crippen LogP contribution in [0.1, 0.15) is 99.8 Å². The van der Waals surface area contributed by atoms with Gasteiger partial charge in [0, 0.05) is 0 Å². The van der Waals surface area contributed by atoms with E-state index >= 15 is 0 Å². The summed E-state index contributed by atoms with van der Waals surface area (Å²) in [6, 6.07) is 0. The largest absolute Gasteiger partial charge is 0.393 e. The van der Waals surface area contributed by atoms with Crippen molar-refractivity contribution in [2.24, 2.45) is 52.3 Å². The molecule has 30 heavy (non-hydrogen) atoms. The molecule has 0 radical (unpaired) electrons. The lowest BCUT2D eigenvalue weighted by molar-refractivity contribution is -0.0777. The Hall–Kier alpha value is -0.560. The Balaban J connectivity index is 1.59. The summed E-state index contributed by atoms with van der Waals surface area (Å²) in [5.41, 5.74) is 4.64. The number of fused-ring (bicyclic) bond motifs is 4. The second-order valence-electron chi connectivity index (χ2n) is 12.6. The summed E-state index contributed by atoms with van der Waals surface area (Å²) in [5.74, 6) is 4.89. The third-order valence-corrected chi connectivity index (χ3v) is 11.0. The molecule has 170 valence electrons. The molecule has 0 bridgehead atoms. The van der Waals surface area contributed by atoms with Gasteiger partial charge in [0.2, 0.25) is 0 Å². The van der Waals surface area contributed by atoms with Crippen molar-refractivity contribution in [3.05, 3.63) is 23.3 Å². The molecule has 4 rings (SSSR count). The zero-order chi connectivity index (χ0) is 21.8. The van der Waals surface area contributed by atoms with Gasteiger partial charge < -0.3 is 5.11 Å². The summed E-state index contributed by atoms with van der Waals surface area (Å²) < 4.78 is 0. The lowest BCUT2D eigenvalue weighted by Gasteiger charge is -2.58. The van der Waals surface area contributed by atoms with Crippen LogP contribution in [0.4, 0.5) is 0 Å². The molecule has 0 heterocycles. The maximum absolute atomic E-state index is 10.5. The Morgan fingerprint density at radius 1 is 0.933 bits per heavy atom. The molecule has 1 N–H and O–H groups in total. The van der Waals surface area contributed by atoms with E-state index in [1.165, 1.54) is 44.9 Å². The monoisotopic (exact) mass is 412 g/mol. The van der Waals surface area contributed by atoms with Gasteiger partial charge in [0.05, 0.1) is 6.10 Å². The summed E-state index contributed by atoms with van der Waals surface area (Å²) in [6.45, 7) is 17.1. The van der Waals surface area contributed by atoms with Crippen LogP contribution in [0.2, 0.25) is 0 Å². The minimum absolute atomic E-state index is 0.0668. The van der Waals surface area contributed by atoms with Crippen LogP contribution in [0.5, 0.6) is 0 Å². The summed E-state index contributed by atoms with van der Waals surface area (Å²) in [6.07, 6.45) is 15.4. The molecule has 4 aliphatic carbocycles. The minimum atomic E-state index is -0.0668. The Morgan fingerprint density at radius 2 is 1.67 bits per heavy atom. The molecule has 0 amide bonds. The molecule has 1 heteroatoms. The second-order valence-corrected chi connectivity index (χ2v) is 12.6. The maximum Gasteiger partial charge on any atom is 0.0568 e. The fourth-order valence-corrected chi connectivity index (χ4v) is 8.54. The van der Waals surface area contributed by atoms with Crippen molar-refractivity contribution >= 4 is 0 Å². The van der Waals surface area contributed by atoms with Gasteiger partial charge in [-0.25, -0.2) is 0 Å². The summed E-state index contributed by atoms with van der Waals surface area (Å²) in [5, 5.41) is 10.5. The van der Waals surface area contributed by atoms with Gasteiger partial charge in [-0.3, -0.25) is 0 Å². The zero-order valence-corrected chi connectivity index (χ0v) is 20.9. The summed E-state index contributed by atoms with van der Waals surface area (Å²) in [4.78, 5) is 0.